The summed E-state index contributed by atoms with van der Waals surface area (Å²) in [5, 5.41) is 1.03. The molecule has 1 atom stereocenters. The third kappa shape index (κ3) is 3.00. The monoisotopic (exact) mass is 320 g/mol. The van der Waals surface area contributed by atoms with Gasteiger partial charge in [-0.1, -0.05) is 23.2 Å². The molecule has 0 amide bonds. The van der Waals surface area contributed by atoms with Crippen LogP contribution >= 0.6 is 34.8 Å². The third-order valence-corrected chi connectivity index (χ3v) is 4.07. The fraction of sp³-hybridized carbons (Fsp3) is 0.462. The number of imidazole rings is 1. The van der Waals surface area contributed by atoms with Crippen molar-refractivity contribution in [2.75, 3.05) is 13.7 Å². The average Bonchev–Trinajstić information content (AvgIpc) is 2.74. The number of ether oxygens (including phenoxy) is 1. The van der Waals surface area contributed by atoms with E-state index in [9.17, 15) is 0 Å². The first kappa shape index (κ1) is 14.9. The molecule has 2 aromatic rings. The maximum atomic E-state index is 6.09. The van der Waals surface area contributed by atoms with Crippen LogP contribution in [0, 0.1) is 0 Å². The summed E-state index contributed by atoms with van der Waals surface area (Å²) >= 11 is 18.1. The molecule has 0 spiro atoms. The fourth-order valence-electron chi connectivity index (χ4n) is 2.14. The summed E-state index contributed by atoms with van der Waals surface area (Å²) in [6, 6.07) is 3.84. The minimum atomic E-state index is 0.232. The van der Waals surface area contributed by atoms with E-state index in [4.69, 9.17) is 39.5 Å². The molecule has 3 nitrogen and oxygen atoms in total. The van der Waals surface area contributed by atoms with E-state index in [1.807, 2.05) is 6.07 Å². The summed E-state index contributed by atoms with van der Waals surface area (Å²) in [4.78, 5) is 4.51. The zero-order valence-electron chi connectivity index (χ0n) is 10.8. The van der Waals surface area contributed by atoms with Gasteiger partial charge >= 0.3 is 0 Å². The van der Waals surface area contributed by atoms with Crippen LogP contribution in [0.5, 0.6) is 0 Å². The van der Waals surface area contributed by atoms with Gasteiger partial charge in [-0.3, -0.25) is 0 Å². The fourth-order valence-corrected chi connectivity index (χ4v) is 2.65. The molecule has 0 fully saturated rings. The second kappa shape index (κ2) is 6.31. The molecule has 0 aliphatic carbocycles. The Labute approximate surface area is 127 Å². The number of hydrogen-bond donors (Lipinski definition) is 0. The number of alkyl halides is 1. The Hall–Kier alpha value is -0.480. The van der Waals surface area contributed by atoms with Crippen LogP contribution in [0.4, 0.5) is 0 Å². The van der Waals surface area contributed by atoms with E-state index in [0.717, 1.165) is 23.3 Å². The number of nitrogens with zero attached hydrogens (tertiary/aromatic N) is 2. The van der Waals surface area contributed by atoms with Gasteiger partial charge in [0.2, 0.25) is 0 Å². The molecule has 6 heteroatoms. The first-order valence-electron chi connectivity index (χ1n) is 5.99. The molecule has 1 heterocycles. The van der Waals surface area contributed by atoms with Gasteiger partial charge < -0.3 is 9.30 Å². The van der Waals surface area contributed by atoms with E-state index in [-0.39, 0.29) is 6.04 Å². The molecule has 0 radical (unpaired) electrons. The van der Waals surface area contributed by atoms with Crippen LogP contribution in [0.3, 0.4) is 0 Å². The van der Waals surface area contributed by atoms with Crippen molar-refractivity contribution in [3.63, 3.8) is 0 Å². The quantitative estimate of drug-likeness (QED) is 0.748. The number of aromatic nitrogens is 2. The largest absolute Gasteiger partial charge is 0.385 e. The van der Waals surface area contributed by atoms with Crippen LogP contribution in [0.15, 0.2) is 12.1 Å². The van der Waals surface area contributed by atoms with Crippen LogP contribution in [0.1, 0.15) is 25.2 Å². The highest BCUT2D eigenvalue weighted by molar-refractivity contribution is 6.42. The Morgan fingerprint density at radius 3 is 2.63 bits per heavy atom. The number of halogens is 3. The molecule has 1 aromatic heterocycles. The van der Waals surface area contributed by atoms with Gasteiger partial charge in [-0.05, 0) is 25.5 Å². The van der Waals surface area contributed by atoms with Gasteiger partial charge in [0.1, 0.15) is 5.82 Å². The van der Waals surface area contributed by atoms with E-state index in [1.54, 1.807) is 13.2 Å². The van der Waals surface area contributed by atoms with Crippen molar-refractivity contribution in [1.29, 1.82) is 0 Å². The normalized spacial score (nSPS) is 13.1. The van der Waals surface area contributed by atoms with Gasteiger partial charge in [0, 0.05) is 19.8 Å². The van der Waals surface area contributed by atoms with Crippen molar-refractivity contribution in [3.8, 4) is 0 Å². The molecule has 1 unspecified atom stereocenters. The van der Waals surface area contributed by atoms with E-state index in [0.29, 0.717) is 22.5 Å². The van der Waals surface area contributed by atoms with Crippen molar-refractivity contribution in [3.05, 3.63) is 28.0 Å². The van der Waals surface area contributed by atoms with Gasteiger partial charge in [0.05, 0.1) is 27.0 Å². The summed E-state index contributed by atoms with van der Waals surface area (Å²) in [5.41, 5.74) is 1.77. The van der Waals surface area contributed by atoms with Gasteiger partial charge in [-0.25, -0.2) is 4.98 Å². The molecular weight excluding hydrogens is 307 g/mol. The number of fused-ring (bicyclic) bond motifs is 1. The Kier molecular flexibility index (Phi) is 4.96. The minimum absolute atomic E-state index is 0.232. The molecule has 19 heavy (non-hydrogen) atoms. The van der Waals surface area contributed by atoms with Crippen molar-refractivity contribution in [1.82, 2.24) is 9.55 Å². The minimum Gasteiger partial charge on any atom is -0.385 e. The molecule has 0 bridgehead atoms. The Bertz CT molecular complexity index is 583. The number of methoxy groups -OCH3 is 1. The zero-order valence-corrected chi connectivity index (χ0v) is 13.1. The molecule has 0 saturated carbocycles. The van der Waals surface area contributed by atoms with Crippen LogP contribution in [0.25, 0.3) is 11.0 Å². The van der Waals surface area contributed by atoms with Crippen LogP contribution in [-0.4, -0.2) is 23.3 Å². The van der Waals surface area contributed by atoms with Gasteiger partial charge in [0.15, 0.2) is 0 Å². The number of rotatable bonds is 5. The molecular formula is C13H15Cl3N2O. The summed E-state index contributed by atoms with van der Waals surface area (Å²) in [7, 11) is 1.69. The van der Waals surface area contributed by atoms with Crippen molar-refractivity contribution < 1.29 is 4.74 Å². The number of hydrogen-bond acceptors (Lipinski definition) is 2. The predicted octanol–water partition coefficient (Wildman–Crippen LogP) is 4.68. The lowest BCUT2D eigenvalue weighted by Crippen LogP contribution is -2.10. The highest BCUT2D eigenvalue weighted by atomic mass is 35.5. The van der Waals surface area contributed by atoms with E-state index in [1.165, 1.54) is 0 Å². The van der Waals surface area contributed by atoms with Gasteiger partial charge in [-0.2, -0.15) is 0 Å². The Morgan fingerprint density at radius 1 is 1.32 bits per heavy atom. The second-order valence-corrected chi connectivity index (χ2v) is 5.50. The lowest BCUT2D eigenvalue weighted by Gasteiger charge is -2.16. The average molecular weight is 322 g/mol. The summed E-state index contributed by atoms with van der Waals surface area (Å²) in [5.74, 6) is 1.17. The standard InChI is InChI=1S/C13H15Cl3N2O/c1-8(3-4-19-2)18-12-6-10(16)9(15)5-11(12)17-13(18)7-14/h5-6,8H,3-4,7H2,1-2H3. The van der Waals surface area contributed by atoms with Gasteiger partial charge in [0.25, 0.3) is 0 Å². The first-order chi connectivity index (χ1) is 9.08. The molecule has 0 aliphatic rings. The maximum Gasteiger partial charge on any atom is 0.125 e. The smallest absolute Gasteiger partial charge is 0.125 e. The van der Waals surface area contributed by atoms with Crippen molar-refractivity contribution >= 4 is 45.8 Å². The molecule has 104 valence electrons. The summed E-state index contributed by atoms with van der Waals surface area (Å²) in [6.45, 7) is 2.79. The van der Waals surface area contributed by atoms with E-state index in [2.05, 4.69) is 16.5 Å². The molecule has 0 saturated heterocycles. The van der Waals surface area contributed by atoms with Gasteiger partial charge in [-0.15, -0.1) is 11.6 Å². The van der Waals surface area contributed by atoms with E-state index >= 15 is 0 Å². The maximum absolute atomic E-state index is 6.09. The van der Waals surface area contributed by atoms with Crippen molar-refractivity contribution in [2.24, 2.45) is 0 Å². The van der Waals surface area contributed by atoms with Crippen molar-refractivity contribution in [2.45, 2.75) is 25.3 Å². The summed E-state index contributed by atoms with van der Waals surface area (Å²) in [6.07, 6.45) is 0.881. The van der Waals surface area contributed by atoms with Crippen LogP contribution < -0.4 is 0 Å². The first-order valence-corrected chi connectivity index (χ1v) is 7.28. The molecule has 1 aromatic carbocycles. The Balaban J connectivity index is 2.53. The molecule has 0 aliphatic heterocycles. The summed E-state index contributed by atoms with van der Waals surface area (Å²) < 4.78 is 7.23. The second-order valence-electron chi connectivity index (χ2n) is 4.42. The predicted molar refractivity (Wildman–Crippen MR) is 80.5 cm³/mol. The lowest BCUT2D eigenvalue weighted by molar-refractivity contribution is 0.181. The highest BCUT2D eigenvalue weighted by Gasteiger charge is 2.16. The highest BCUT2D eigenvalue weighted by Crippen LogP contribution is 2.31. The molecule has 0 N–H and O–H groups in total. The van der Waals surface area contributed by atoms with Crippen LogP contribution in [-0.2, 0) is 10.6 Å². The Morgan fingerprint density at radius 2 is 2.00 bits per heavy atom. The van der Waals surface area contributed by atoms with E-state index < -0.39 is 0 Å². The third-order valence-electron chi connectivity index (χ3n) is 3.10. The topological polar surface area (TPSA) is 27.1 Å². The lowest BCUT2D eigenvalue weighted by atomic mass is 10.2. The zero-order chi connectivity index (χ0) is 14.0. The number of benzene rings is 1. The SMILES string of the molecule is COCCC(C)n1c(CCl)nc2cc(Cl)c(Cl)cc21. The van der Waals surface area contributed by atoms with Crippen LogP contribution in [0.2, 0.25) is 10.0 Å². The molecule has 2 rings (SSSR count).